The van der Waals surface area contributed by atoms with E-state index in [-0.39, 0.29) is 11.8 Å². The zero-order valence-corrected chi connectivity index (χ0v) is 10.1. The molecule has 1 fully saturated rings. The van der Waals surface area contributed by atoms with Crippen LogP contribution in [0, 0.1) is 5.92 Å². The molecule has 0 radical (unpaired) electrons. The van der Waals surface area contributed by atoms with Gasteiger partial charge >= 0.3 is 0 Å². The highest BCUT2D eigenvalue weighted by Crippen LogP contribution is 2.32. The van der Waals surface area contributed by atoms with Gasteiger partial charge in [-0.05, 0) is 24.1 Å². The van der Waals surface area contributed by atoms with Crippen molar-refractivity contribution in [3.8, 4) is 0 Å². The Hall–Kier alpha value is -0.930. The molecule has 86 valence electrons. The van der Waals surface area contributed by atoms with Gasteiger partial charge in [0.25, 0.3) is 0 Å². The van der Waals surface area contributed by atoms with Crippen LogP contribution < -0.4 is 10.6 Å². The van der Waals surface area contributed by atoms with E-state index in [4.69, 9.17) is 28.9 Å². The molecule has 3 nitrogen and oxygen atoms in total. The Morgan fingerprint density at radius 1 is 1.50 bits per heavy atom. The van der Waals surface area contributed by atoms with Crippen LogP contribution in [0.3, 0.4) is 0 Å². The van der Waals surface area contributed by atoms with E-state index < -0.39 is 0 Å². The van der Waals surface area contributed by atoms with Crippen LogP contribution in [0.4, 0.5) is 11.4 Å². The minimum Gasteiger partial charge on any atom is -0.397 e. The number of halogens is 2. The van der Waals surface area contributed by atoms with E-state index in [1.165, 1.54) is 0 Å². The number of alkyl halides is 1. The number of anilines is 2. The number of benzene rings is 1. The fourth-order valence-electron chi connectivity index (χ4n) is 1.87. The number of nitrogen functional groups attached to an aromatic ring is 1. The number of nitrogens with two attached hydrogens (primary N) is 1. The summed E-state index contributed by atoms with van der Waals surface area (Å²) in [4.78, 5) is 13.4. The van der Waals surface area contributed by atoms with Gasteiger partial charge in [-0.2, -0.15) is 0 Å². The van der Waals surface area contributed by atoms with Crippen LogP contribution in [0.15, 0.2) is 18.2 Å². The summed E-state index contributed by atoms with van der Waals surface area (Å²) in [7, 11) is 0. The van der Waals surface area contributed by atoms with Crippen LogP contribution in [0.5, 0.6) is 0 Å². The smallest absolute Gasteiger partial charge is 0.227 e. The Kier molecular flexibility index (Phi) is 3.26. The largest absolute Gasteiger partial charge is 0.397 e. The van der Waals surface area contributed by atoms with Gasteiger partial charge in [-0.25, -0.2) is 0 Å². The van der Waals surface area contributed by atoms with E-state index in [0.29, 0.717) is 35.2 Å². The number of carbonyl (C=O) groups is 1. The number of hydrogen-bond acceptors (Lipinski definition) is 2. The zero-order valence-electron chi connectivity index (χ0n) is 8.62. The van der Waals surface area contributed by atoms with Gasteiger partial charge in [0.15, 0.2) is 0 Å². The molecule has 0 aromatic heterocycles. The molecular weight excluding hydrogens is 247 g/mol. The van der Waals surface area contributed by atoms with Crippen molar-refractivity contribution in [3.05, 3.63) is 23.2 Å². The lowest BCUT2D eigenvalue weighted by Gasteiger charge is -2.18. The maximum atomic E-state index is 11.8. The summed E-state index contributed by atoms with van der Waals surface area (Å²) in [6.45, 7) is 0.618. The first-order valence-electron chi connectivity index (χ1n) is 5.03. The van der Waals surface area contributed by atoms with E-state index in [1.807, 2.05) is 0 Å². The van der Waals surface area contributed by atoms with Crippen molar-refractivity contribution in [3.63, 3.8) is 0 Å². The molecule has 0 saturated carbocycles. The predicted molar refractivity (Wildman–Crippen MR) is 67.0 cm³/mol. The van der Waals surface area contributed by atoms with Crippen molar-refractivity contribution in [1.82, 2.24) is 0 Å². The quantitative estimate of drug-likeness (QED) is 0.655. The average Bonchev–Trinajstić information content (AvgIpc) is 2.63. The first-order valence-corrected chi connectivity index (χ1v) is 5.94. The van der Waals surface area contributed by atoms with E-state index in [0.717, 1.165) is 0 Å². The number of rotatable bonds is 2. The maximum Gasteiger partial charge on any atom is 0.227 e. The normalized spacial score (nSPS) is 20.5. The van der Waals surface area contributed by atoms with Crippen LogP contribution in [0.2, 0.25) is 5.02 Å². The second-order valence-corrected chi connectivity index (χ2v) is 4.68. The Bertz CT molecular complexity index is 422. The minimum absolute atomic E-state index is 0.0552. The lowest BCUT2D eigenvalue weighted by molar-refractivity contribution is -0.117. The molecule has 1 aromatic rings. The van der Waals surface area contributed by atoms with Gasteiger partial charge in [0.1, 0.15) is 0 Å². The highest BCUT2D eigenvalue weighted by atomic mass is 35.5. The van der Waals surface area contributed by atoms with Crippen LogP contribution in [-0.2, 0) is 4.79 Å². The molecule has 0 spiro atoms. The van der Waals surface area contributed by atoms with Gasteiger partial charge in [0.05, 0.1) is 11.4 Å². The molecule has 1 heterocycles. The standard InChI is InChI=1S/C11H12Cl2N2O/c12-5-7-3-11(16)15(6-7)10-4-8(13)1-2-9(10)14/h1-2,4,7H,3,5-6,14H2. The van der Waals surface area contributed by atoms with E-state index in [9.17, 15) is 4.79 Å². The minimum atomic E-state index is 0.0552. The maximum absolute atomic E-state index is 11.8. The van der Waals surface area contributed by atoms with Crippen molar-refractivity contribution >= 4 is 40.5 Å². The second-order valence-electron chi connectivity index (χ2n) is 3.93. The van der Waals surface area contributed by atoms with Crippen molar-refractivity contribution in [1.29, 1.82) is 0 Å². The summed E-state index contributed by atoms with van der Waals surface area (Å²) in [5.41, 5.74) is 7.08. The Labute approximate surface area is 104 Å². The molecule has 5 heteroatoms. The molecule has 2 rings (SSSR count). The fraction of sp³-hybridized carbons (Fsp3) is 0.364. The fourth-order valence-corrected chi connectivity index (χ4v) is 2.24. The summed E-state index contributed by atoms with van der Waals surface area (Å²) in [5.74, 6) is 0.745. The van der Waals surface area contributed by atoms with E-state index >= 15 is 0 Å². The molecule has 0 bridgehead atoms. The Morgan fingerprint density at radius 2 is 2.25 bits per heavy atom. The molecule has 1 aliphatic heterocycles. The van der Waals surface area contributed by atoms with E-state index in [1.54, 1.807) is 23.1 Å². The molecule has 1 atom stereocenters. The first-order chi connectivity index (χ1) is 7.61. The predicted octanol–water partition coefficient (Wildman–Crippen LogP) is 2.51. The summed E-state index contributed by atoms with van der Waals surface area (Å²) < 4.78 is 0. The second kappa shape index (κ2) is 4.52. The lowest BCUT2D eigenvalue weighted by Crippen LogP contribution is -2.25. The molecular formula is C11H12Cl2N2O. The number of amides is 1. The molecule has 1 aromatic carbocycles. The molecule has 0 aliphatic carbocycles. The van der Waals surface area contributed by atoms with Crippen LogP contribution in [-0.4, -0.2) is 18.3 Å². The molecule has 1 saturated heterocycles. The van der Waals surface area contributed by atoms with Crippen LogP contribution in [0.1, 0.15) is 6.42 Å². The van der Waals surface area contributed by atoms with Gasteiger partial charge in [-0.15, -0.1) is 11.6 Å². The molecule has 1 amide bonds. The molecule has 1 unspecified atom stereocenters. The van der Waals surface area contributed by atoms with Crippen molar-refractivity contribution in [2.75, 3.05) is 23.1 Å². The van der Waals surface area contributed by atoms with Gasteiger partial charge in [-0.1, -0.05) is 11.6 Å². The third kappa shape index (κ3) is 2.11. The highest BCUT2D eigenvalue weighted by Gasteiger charge is 2.30. The highest BCUT2D eigenvalue weighted by molar-refractivity contribution is 6.31. The lowest BCUT2D eigenvalue weighted by atomic mass is 10.1. The SMILES string of the molecule is Nc1ccc(Cl)cc1N1CC(CCl)CC1=O. The molecule has 2 N–H and O–H groups in total. The van der Waals surface area contributed by atoms with E-state index in [2.05, 4.69) is 0 Å². The van der Waals surface area contributed by atoms with Gasteiger partial charge in [0.2, 0.25) is 5.91 Å². The van der Waals surface area contributed by atoms with Gasteiger partial charge in [-0.3, -0.25) is 4.79 Å². The summed E-state index contributed by atoms with van der Waals surface area (Å²) >= 11 is 11.7. The average molecular weight is 259 g/mol. The van der Waals surface area contributed by atoms with Crippen molar-refractivity contribution < 1.29 is 4.79 Å². The Morgan fingerprint density at radius 3 is 2.88 bits per heavy atom. The van der Waals surface area contributed by atoms with Crippen LogP contribution >= 0.6 is 23.2 Å². The zero-order chi connectivity index (χ0) is 11.7. The third-order valence-electron chi connectivity index (χ3n) is 2.71. The first kappa shape index (κ1) is 11.6. The molecule has 1 aliphatic rings. The summed E-state index contributed by atoms with van der Waals surface area (Å²) in [5, 5.41) is 0.575. The topological polar surface area (TPSA) is 46.3 Å². The van der Waals surface area contributed by atoms with Gasteiger partial charge in [0, 0.05) is 23.9 Å². The summed E-state index contributed by atoms with van der Waals surface area (Å²) in [6, 6.07) is 5.13. The number of nitrogens with zero attached hydrogens (tertiary/aromatic N) is 1. The monoisotopic (exact) mass is 258 g/mol. The summed E-state index contributed by atoms with van der Waals surface area (Å²) in [6.07, 6.45) is 0.482. The Balaban J connectivity index is 2.30. The van der Waals surface area contributed by atoms with Crippen LogP contribution in [0.25, 0.3) is 0 Å². The van der Waals surface area contributed by atoms with Crippen molar-refractivity contribution in [2.24, 2.45) is 5.92 Å². The third-order valence-corrected chi connectivity index (χ3v) is 3.38. The van der Waals surface area contributed by atoms with Gasteiger partial charge < -0.3 is 10.6 Å². The number of hydrogen-bond donors (Lipinski definition) is 1. The number of carbonyl (C=O) groups excluding carboxylic acids is 1. The van der Waals surface area contributed by atoms with Crippen molar-refractivity contribution in [2.45, 2.75) is 6.42 Å². The molecule has 16 heavy (non-hydrogen) atoms.